The van der Waals surface area contributed by atoms with Crippen LogP contribution in [0.15, 0.2) is 42.5 Å². The average molecular weight is 474 g/mol. The van der Waals surface area contributed by atoms with Gasteiger partial charge in [0.2, 0.25) is 10.0 Å². The highest BCUT2D eigenvalue weighted by Gasteiger charge is 2.39. The van der Waals surface area contributed by atoms with E-state index in [-0.39, 0.29) is 31.3 Å². The third kappa shape index (κ3) is 4.88. The van der Waals surface area contributed by atoms with Gasteiger partial charge in [-0.15, -0.1) is 0 Å². The van der Waals surface area contributed by atoms with Crippen LogP contribution in [0.25, 0.3) is 0 Å². The van der Waals surface area contributed by atoms with E-state index in [0.29, 0.717) is 22.5 Å². The molecule has 6 N–H and O–H groups in total. The van der Waals surface area contributed by atoms with Crippen molar-refractivity contribution >= 4 is 39.0 Å². The first-order valence-corrected chi connectivity index (χ1v) is 11.8. The number of carbonyl (C=O) groups excluding carboxylic acids is 2. The number of nitrogens with one attached hydrogen (secondary N) is 3. The molecule has 2 heterocycles. The zero-order valence-corrected chi connectivity index (χ0v) is 18.3. The van der Waals surface area contributed by atoms with Crippen molar-refractivity contribution in [2.45, 2.75) is 24.5 Å². The molecule has 0 aromatic heterocycles. The summed E-state index contributed by atoms with van der Waals surface area (Å²) in [5.74, 6) is -1.74. The van der Waals surface area contributed by atoms with Crippen LogP contribution in [0, 0.1) is 5.41 Å². The maximum atomic E-state index is 13.0. The van der Waals surface area contributed by atoms with Crippen molar-refractivity contribution in [2.24, 2.45) is 5.73 Å². The molecule has 1 fully saturated rings. The van der Waals surface area contributed by atoms with Crippen molar-refractivity contribution in [1.29, 1.82) is 5.41 Å². The number of carbonyl (C=O) groups is 2. The third-order valence-electron chi connectivity index (χ3n) is 5.47. The van der Waals surface area contributed by atoms with Crippen molar-refractivity contribution in [3.05, 3.63) is 59.2 Å². The Balaban J connectivity index is 1.48. The zero-order chi connectivity index (χ0) is 23.8. The Labute approximate surface area is 190 Å². The minimum Gasteiger partial charge on any atom is -0.384 e. The molecule has 2 aromatic rings. The van der Waals surface area contributed by atoms with Gasteiger partial charge < -0.3 is 25.8 Å². The molecule has 0 bridgehead atoms. The highest BCUT2D eigenvalue weighted by molar-refractivity contribution is 7.88. The van der Waals surface area contributed by atoms with E-state index < -0.39 is 34.0 Å². The summed E-state index contributed by atoms with van der Waals surface area (Å²) in [6.45, 7) is 0.467. The molecule has 2 aromatic carbocycles. The van der Waals surface area contributed by atoms with Crippen molar-refractivity contribution < 1.29 is 27.9 Å². The second-order valence-corrected chi connectivity index (χ2v) is 9.55. The van der Waals surface area contributed by atoms with Crippen molar-refractivity contribution in [3.63, 3.8) is 0 Å². The number of hydrogen-bond acceptors (Lipinski definition) is 7. The molecule has 2 amide bonds. The zero-order valence-electron chi connectivity index (χ0n) is 17.4. The second-order valence-electron chi connectivity index (χ2n) is 7.74. The van der Waals surface area contributed by atoms with Gasteiger partial charge in [0.25, 0.3) is 11.8 Å². The number of rotatable bonds is 5. The van der Waals surface area contributed by atoms with Gasteiger partial charge in [-0.2, -0.15) is 0 Å². The number of amides is 2. The van der Waals surface area contributed by atoms with Gasteiger partial charge in [0.15, 0.2) is 12.2 Å². The largest absolute Gasteiger partial charge is 0.384 e. The van der Waals surface area contributed by atoms with Crippen LogP contribution in [-0.2, 0) is 36.6 Å². The molecular weight excluding hydrogens is 450 g/mol. The first kappa shape index (κ1) is 22.9. The van der Waals surface area contributed by atoms with Crippen LogP contribution >= 0.6 is 0 Å². The average Bonchev–Trinajstić information content (AvgIpc) is 2.78. The fourth-order valence-electron chi connectivity index (χ4n) is 3.71. The lowest BCUT2D eigenvalue weighted by Gasteiger charge is -2.34. The molecule has 0 aliphatic carbocycles. The summed E-state index contributed by atoms with van der Waals surface area (Å²) in [7, 11) is -3.42. The van der Waals surface area contributed by atoms with E-state index in [2.05, 4.69) is 10.0 Å². The summed E-state index contributed by atoms with van der Waals surface area (Å²) < 4.78 is 31.6. The molecule has 2 atom stereocenters. The molecule has 2 aliphatic rings. The standard InChI is InChI=1S/C21H23N5O6S/c22-19(23)12-1-4-15(5-2-12)25-20(28)17(27)18-21(29)26(7-8-32-18)16-6-3-13-10-24-33(30,31)11-14(13)9-16/h1-6,9,17-18,24,27H,7-8,10-11H2,(H3,22,23)(H,25,28)/t17-,18-/m1/s1. The number of morpholine rings is 1. The van der Waals surface area contributed by atoms with Gasteiger partial charge in [-0.05, 0) is 47.5 Å². The maximum Gasteiger partial charge on any atom is 0.259 e. The Kier molecular flexibility index (Phi) is 6.17. The van der Waals surface area contributed by atoms with E-state index in [1.807, 2.05) is 0 Å². The quantitative estimate of drug-likeness (QED) is 0.291. The summed E-state index contributed by atoms with van der Waals surface area (Å²) in [5, 5.41) is 20.4. The van der Waals surface area contributed by atoms with Gasteiger partial charge in [-0.25, -0.2) is 13.1 Å². The van der Waals surface area contributed by atoms with Crippen LogP contribution in [0.3, 0.4) is 0 Å². The van der Waals surface area contributed by atoms with Crippen LogP contribution in [-0.4, -0.2) is 56.5 Å². The Hall–Kier alpha value is -3.32. The van der Waals surface area contributed by atoms with Crippen LogP contribution in [0.4, 0.5) is 11.4 Å². The van der Waals surface area contributed by atoms with Crippen molar-refractivity contribution in [3.8, 4) is 0 Å². The Morgan fingerprint density at radius 1 is 1.24 bits per heavy atom. The van der Waals surface area contributed by atoms with E-state index in [9.17, 15) is 23.1 Å². The number of anilines is 2. The van der Waals surface area contributed by atoms with E-state index in [4.69, 9.17) is 15.9 Å². The minimum absolute atomic E-state index is 0.0883. The van der Waals surface area contributed by atoms with Gasteiger partial charge in [0.05, 0.1) is 12.4 Å². The molecule has 33 heavy (non-hydrogen) atoms. The Morgan fingerprint density at radius 2 is 1.97 bits per heavy atom. The highest BCUT2D eigenvalue weighted by Crippen LogP contribution is 2.27. The fraction of sp³-hybridized carbons (Fsp3) is 0.286. The van der Waals surface area contributed by atoms with Crippen molar-refractivity contribution in [2.75, 3.05) is 23.4 Å². The second kappa shape index (κ2) is 8.90. The molecule has 2 aliphatic heterocycles. The molecule has 174 valence electrons. The number of hydrogen-bond donors (Lipinski definition) is 5. The van der Waals surface area contributed by atoms with Crippen LogP contribution in [0.2, 0.25) is 0 Å². The molecular formula is C21H23N5O6S. The number of nitrogens with two attached hydrogens (primary N) is 1. The monoisotopic (exact) mass is 473 g/mol. The molecule has 0 unspecified atom stereocenters. The lowest BCUT2D eigenvalue weighted by atomic mass is 10.1. The number of nitrogen functional groups attached to an aromatic ring is 1. The van der Waals surface area contributed by atoms with Gasteiger partial charge in [-0.3, -0.25) is 15.0 Å². The first-order chi connectivity index (χ1) is 15.6. The van der Waals surface area contributed by atoms with Crippen molar-refractivity contribution in [1.82, 2.24) is 4.72 Å². The Bertz CT molecular complexity index is 1210. The molecule has 0 saturated carbocycles. The molecule has 11 nitrogen and oxygen atoms in total. The topological polar surface area (TPSA) is 175 Å². The normalized spacial score (nSPS) is 20.6. The molecule has 12 heteroatoms. The molecule has 1 saturated heterocycles. The van der Waals surface area contributed by atoms with Crippen LogP contribution in [0.1, 0.15) is 16.7 Å². The van der Waals surface area contributed by atoms with Crippen LogP contribution < -0.4 is 20.7 Å². The molecule has 0 spiro atoms. The summed E-state index contributed by atoms with van der Waals surface area (Å²) in [5.41, 5.74) is 8.11. The highest BCUT2D eigenvalue weighted by atomic mass is 32.2. The van der Waals surface area contributed by atoms with Crippen LogP contribution in [0.5, 0.6) is 0 Å². The van der Waals surface area contributed by atoms with Gasteiger partial charge in [-0.1, -0.05) is 6.07 Å². The maximum absolute atomic E-state index is 13.0. The number of ether oxygens (including phenoxy) is 1. The lowest BCUT2D eigenvalue weighted by Crippen LogP contribution is -2.55. The number of fused-ring (bicyclic) bond motifs is 1. The fourth-order valence-corrected chi connectivity index (χ4v) is 4.86. The SMILES string of the molecule is N=C(N)c1ccc(NC(=O)[C@H](O)[C@H]2OCCN(c3ccc4c(c3)CS(=O)(=O)NC4)C2=O)cc1. The number of benzene rings is 2. The number of nitrogens with zero attached hydrogens (tertiary/aromatic N) is 1. The number of sulfonamides is 1. The number of amidine groups is 1. The minimum atomic E-state index is -3.42. The predicted octanol–water partition coefficient (Wildman–Crippen LogP) is -0.365. The lowest BCUT2D eigenvalue weighted by molar-refractivity contribution is -0.150. The van der Waals surface area contributed by atoms with E-state index in [1.54, 1.807) is 30.3 Å². The summed E-state index contributed by atoms with van der Waals surface area (Å²) in [4.78, 5) is 26.9. The summed E-state index contributed by atoms with van der Waals surface area (Å²) >= 11 is 0. The molecule has 4 rings (SSSR count). The van der Waals surface area contributed by atoms with Gasteiger partial charge >= 0.3 is 0 Å². The van der Waals surface area contributed by atoms with Gasteiger partial charge in [0.1, 0.15) is 5.84 Å². The predicted molar refractivity (Wildman–Crippen MR) is 120 cm³/mol. The first-order valence-electron chi connectivity index (χ1n) is 10.1. The van der Waals surface area contributed by atoms with Gasteiger partial charge in [0, 0.05) is 30.0 Å². The third-order valence-corrected chi connectivity index (χ3v) is 6.75. The number of aliphatic hydroxyl groups excluding tert-OH is 1. The number of aliphatic hydroxyl groups is 1. The summed E-state index contributed by atoms with van der Waals surface area (Å²) in [6.07, 6.45) is -3.19. The summed E-state index contributed by atoms with van der Waals surface area (Å²) in [6, 6.07) is 11.2. The van der Waals surface area contributed by atoms with E-state index >= 15 is 0 Å². The van der Waals surface area contributed by atoms with E-state index in [0.717, 1.165) is 5.56 Å². The smallest absolute Gasteiger partial charge is 0.259 e. The Morgan fingerprint density at radius 3 is 2.67 bits per heavy atom. The molecule has 0 radical (unpaired) electrons. The van der Waals surface area contributed by atoms with E-state index in [1.165, 1.54) is 17.0 Å².